The van der Waals surface area contributed by atoms with Gasteiger partial charge in [0.1, 0.15) is 0 Å². The molecule has 4 heteroatoms. The van der Waals surface area contributed by atoms with Crippen LogP contribution >= 0.6 is 12.6 Å². The van der Waals surface area contributed by atoms with E-state index in [0.29, 0.717) is 10.7 Å². The SMILES string of the molecule is N#Cc1ccc(-c2cn(-c3ccccc3)c(S)n2)cc1. The lowest BCUT2D eigenvalue weighted by Gasteiger charge is -2.02. The number of thiol groups is 1. The van der Waals surface area contributed by atoms with Crippen molar-refractivity contribution in [2.45, 2.75) is 5.16 Å². The van der Waals surface area contributed by atoms with Crippen molar-refractivity contribution in [3.05, 3.63) is 66.4 Å². The summed E-state index contributed by atoms with van der Waals surface area (Å²) < 4.78 is 1.93. The second kappa shape index (κ2) is 5.24. The number of benzene rings is 2. The number of nitriles is 1. The minimum atomic E-state index is 0.635. The second-order valence-corrected chi connectivity index (χ2v) is 4.72. The van der Waals surface area contributed by atoms with E-state index in [-0.39, 0.29) is 0 Å². The Kier molecular flexibility index (Phi) is 3.28. The molecule has 0 saturated carbocycles. The minimum Gasteiger partial charge on any atom is -0.294 e. The molecule has 0 N–H and O–H groups in total. The number of aromatic nitrogens is 2. The van der Waals surface area contributed by atoms with Gasteiger partial charge in [0.15, 0.2) is 5.16 Å². The molecule has 0 amide bonds. The highest BCUT2D eigenvalue weighted by Crippen LogP contribution is 2.23. The van der Waals surface area contributed by atoms with Crippen molar-refractivity contribution in [2.75, 3.05) is 0 Å². The first-order chi connectivity index (χ1) is 9.78. The van der Waals surface area contributed by atoms with Crippen molar-refractivity contribution in [2.24, 2.45) is 0 Å². The molecule has 0 spiro atoms. The molecule has 96 valence electrons. The lowest BCUT2D eigenvalue weighted by molar-refractivity contribution is 0.901. The maximum absolute atomic E-state index is 8.81. The summed E-state index contributed by atoms with van der Waals surface area (Å²) in [5, 5.41) is 9.45. The molecule has 0 aliphatic carbocycles. The van der Waals surface area contributed by atoms with Crippen molar-refractivity contribution < 1.29 is 0 Å². The Balaban J connectivity index is 2.02. The molecule has 0 fully saturated rings. The molecule has 0 aliphatic heterocycles. The fourth-order valence-corrected chi connectivity index (χ4v) is 2.28. The molecule has 3 nitrogen and oxygen atoms in total. The maximum atomic E-state index is 8.81. The third-order valence-corrected chi connectivity index (χ3v) is 3.35. The fraction of sp³-hybridized carbons (Fsp3) is 0. The molecule has 3 rings (SSSR count). The van der Waals surface area contributed by atoms with Gasteiger partial charge in [0, 0.05) is 17.4 Å². The molecule has 1 heterocycles. The average Bonchev–Trinajstić information content (AvgIpc) is 2.90. The van der Waals surface area contributed by atoms with Gasteiger partial charge in [-0.1, -0.05) is 30.3 Å². The van der Waals surface area contributed by atoms with Gasteiger partial charge in [0.25, 0.3) is 0 Å². The van der Waals surface area contributed by atoms with Crippen LogP contribution in [0.4, 0.5) is 0 Å². The van der Waals surface area contributed by atoms with Crippen LogP contribution < -0.4 is 0 Å². The summed E-state index contributed by atoms with van der Waals surface area (Å²) in [6.07, 6.45) is 1.94. The first-order valence-electron chi connectivity index (χ1n) is 6.12. The summed E-state index contributed by atoms with van der Waals surface area (Å²) in [5.74, 6) is 0. The first-order valence-corrected chi connectivity index (χ1v) is 6.57. The van der Waals surface area contributed by atoms with Gasteiger partial charge in [-0.2, -0.15) is 5.26 Å². The molecular weight excluding hydrogens is 266 g/mol. The van der Waals surface area contributed by atoms with Crippen molar-refractivity contribution in [3.8, 4) is 23.0 Å². The van der Waals surface area contributed by atoms with Crippen LogP contribution in [0.3, 0.4) is 0 Å². The van der Waals surface area contributed by atoms with Crippen LogP contribution in [0.25, 0.3) is 16.9 Å². The molecule has 1 aromatic heterocycles. The normalized spacial score (nSPS) is 10.2. The highest BCUT2D eigenvalue weighted by atomic mass is 32.1. The van der Waals surface area contributed by atoms with Gasteiger partial charge in [-0.05, 0) is 24.3 Å². The summed E-state index contributed by atoms with van der Waals surface area (Å²) >= 11 is 4.42. The lowest BCUT2D eigenvalue weighted by Crippen LogP contribution is -1.91. The van der Waals surface area contributed by atoms with Crippen LogP contribution in [0.5, 0.6) is 0 Å². The van der Waals surface area contributed by atoms with Gasteiger partial charge in [-0.3, -0.25) is 4.57 Å². The zero-order valence-corrected chi connectivity index (χ0v) is 11.5. The van der Waals surface area contributed by atoms with E-state index in [1.807, 2.05) is 53.2 Å². The quantitative estimate of drug-likeness (QED) is 0.726. The lowest BCUT2D eigenvalue weighted by atomic mass is 10.1. The molecule has 0 radical (unpaired) electrons. The molecule has 0 atom stereocenters. The Hall–Kier alpha value is -2.51. The summed E-state index contributed by atoms with van der Waals surface area (Å²) in [7, 11) is 0. The van der Waals surface area contributed by atoms with Crippen molar-refractivity contribution in [1.82, 2.24) is 9.55 Å². The molecule has 0 bridgehead atoms. The topological polar surface area (TPSA) is 41.6 Å². The summed E-state index contributed by atoms with van der Waals surface area (Å²) in [6.45, 7) is 0. The maximum Gasteiger partial charge on any atom is 0.170 e. The summed E-state index contributed by atoms with van der Waals surface area (Å²) in [6, 6.07) is 19.4. The standard InChI is InChI=1S/C16H11N3S/c17-10-12-6-8-13(9-7-12)15-11-19(16(20)18-15)14-4-2-1-3-5-14/h1-9,11H,(H,18,20). The van der Waals surface area contributed by atoms with E-state index in [4.69, 9.17) is 5.26 Å². The van der Waals surface area contributed by atoms with Gasteiger partial charge >= 0.3 is 0 Å². The van der Waals surface area contributed by atoms with E-state index < -0.39 is 0 Å². The highest BCUT2D eigenvalue weighted by molar-refractivity contribution is 7.80. The Morgan fingerprint density at radius 3 is 2.35 bits per heavy atom. The van der Waals surface area contributed by atoms with Crippen molar-refractivity contribution in [3.63, 3.8) is 0 Å². The summed E-state index contributed by atoms with van der Waals surface area (Å²) in [4.78, 5) is 4.46. The van der Waals surface area contributed by atoms with Crippen LogP contribution in [-0.4, -0.2) is 9.55 Å². The smallest absolute Gasteiger partial charge is 0.170 e. The van der Waals surface area contributed by atoms with E-state index in [9.17, 15) is 0 Å². The Morgan fingerprint density at radius 2 is 1.70 bits per heavy atom. The van der Waals surface area contributed by atoms with E-state index in [2.05, 4.69) is 23.7 Å². The van der Waals surface area contributed by atoms with Crippen molar-refractivity contribution in [1.29, 1.82) is 5.26 Å². The zero-order valence-electron chi connectivity index (χ0n) is 10.6. The second-order valence-electron chi connectivity index (χ2n) is 4.32. The van der Waals surface area contributed by atoms with E-state index in [1.54, 1.807) is 12.1 Å². The molecule has 0 aliphatic rings. The number of rotatable bonds is 2. The number of hydrogen-bond donors (Lipinski definition) is 1. The third kappa shape index (κ3) is 2.31. The Labute approximate surface area is 122 Å². The van der Waals surface area contributed by atoms with E-state index in [0.717, 1.165) is 16.9 Å². The Bertz CT molecular complexity index is 768. The average molecular weight is 277 g/mol. The fourth-order valence-electron chi connectivity index (χ4n) is 2.00. The number of hydrogen-bond acceptors (Lipinski definition) is 3. The molecule has 3 aromatic rings. The Morgan fingerprint density at radius 1 is 1.00 bits per heavy atom. The van der Waals surface area contributed by atoms with Gasteiger partial charge in [-0.25, -0.2) is 4.98 Å². The predicted molar refractivity (Wildman–Crippen MR) is 81.0 cm³/mol. The molecule has 0 saturated heterocycles. The highest BCUT2D eigenvalue weighted by Gasteiger charge is 2.08. The third-order valence-electron chi connectivity index (χ3n) is 3.03. The number of nitrogens with zero attached hydrogens (tertiary/aromatic N) is 3. The van der Waals surface area contributed by atoms with Gasteiger partial charge < -0.3 is 0 Å². The monoisotopic (exact) mass is 277 g/mol. The van der Waals surface area contributed by atoms with Crippen molar-refractivity contribution >= 4 is 12.6 Å². The van der Waals surface area contributed by atoms with Crippen LogP contribution in [0.15, 0.2) is 66.0 Å². The van der Waals surface area contributed by atoms with E-state index in [1.165, 1.54) is 0 Å². The molecule has 0 unspecified atom stereocenters. The number of para-hydroxylation sites is 1. The molecule has 20 heavy (non-hydrogen) atoms. The zero-order chi connectivity index (χ0) is 13.9. The summed E-state index contributed by atoms with van der Waals surface area (Å²) in [5.41, 5.74) is 3.46. The number of imidazole rings is 1. The molecule has 2 aromatic carbocycles. The van der Waals surface area contributed by atoms with Gasteiger partial charge in [0.2, 0.25) is 0 Å². The molecular formula is C16H11N3S. The van der Waals surface area contributed by atoms with Crippen LogP contribution in [-0.2, 0) is 0 Å². The van der Waals surface area contributed by atoms with Crippen LogP contribution in [0, 0.1) is 11.3 Å². The van der Waals surface area contributed by atoms with E-state index >= 15 is 0 Å². The predicted octanol–water partition coefficient (Wildman–Crippen LogP) is 3.70. The van der Waals surface area contributed by atoms with Crippen LogP contribution in [0.1, 0.15) is 5.56 Å². The minimum absolute atomic E-state index is 0.635. The van der Waals surface area contributed by atoms with Gasteiger partial charge in [-0.15, -0.1) is 12.6 Å². The van der Waals surface area contributed by atoms with Gasteiger partial charge in [0.05, 0.1) is 17.3 Å². The van der Waals surface area contributed by atoms with Crippen LogP contribution in [0.2, 0.25) is 0 Å². The largest absolute Gasteiger partial charge is 0.294 e. The first kappa shape index (κ1) is 12.5.